The number of rotatable bonds is 2. The van der Waals surface area contributed by atoms with Gasteiger partial charge in [0.25, 0.3) is 0 Å². The highest BCUT2D eigenvalue weighted by atomic mass is 16.4. The lowest BCUT2D eigenvalue weighted by Gasteiger charge is -2.22. The van der Waals surface area contributed by atoms with Crippen LogP contribution in [-0.2, 0) is 0 Å². The molecule has 0 saturated heterocycles. The zero-order valence-corrected chi connectivity index (χ0v) is 7.18. The summed E-state index contributed by atoms with van der Waals surface area (Å²) in [6.45, 7) is 4.51. The first-order chi connectivity index (χ1) is 5.68. The van der Waals surface area contributed by atoms with Gasteiger partial charge in [-0.2, -0.15) is 0 Å². The van der Waals surface area contributed by atoms with E-state index in [-0.39, 0.29) is 0 Å². The molecule has 0 aromatic heterocycles. The van der Waals surface area contributed by atoms with Crippen molar-refractivity contribution in [1.29, 1.82) is 0 Å². The van der Waals surface area contributed by atoms with Crippen molar-refractivity contribution in [2.24, 2.45) is 5.92 Å². The summed E-state index contributed by atoms with van der Waals surface area (Å²) in [5.41, 5.74) is 1.31. The summed E-state index contributed by atoms with van der Waals surface area (Å²) < 4.78 is 0. The molecule has 0 radical (unpaired) electrons. The van der Waals surface area contributed by atoms with Crippen LogP contribution in [-0.4, -0.2) is 17.7 Å². The molecule has 68 valence electrons. The summed E-state index contributed by atoms with van der Waals surface area (Å²) in [7, 11) is 0. The molecule has 1 aliphatic carbocycles. The average molecular weight is 169 g/mol. The van der Waals surface area contributed by atoms with E-state index in [2.05, 4.69) is 11.9 Å². The maximum atomic E-state index is 10.2. The zero-order valence-electron chi connectivity index (χ0n) is 7.18. The van der Waals surface area contributed by atoms with E-state index < -0.39 is 6.09 Å². The lowest BCUT2D eigenvalue weighted by Crippen LogP contribution is -2.28. The second-order valence-electron chi connectivity index (χ2n) is 3.38. The van der Waals surface area contributed by atoms with Gasteiger partial charge in [0.05, 0.1) is 0 Å². The maximum Gasteiger partial charge on any atom is 0.404 e. The average Bonchev–Trinajstić information content (AvgIpc) is 2.03. The third-order valence-corrected chi connectivity index (χ3v) is 2.35. The van der Waals surface area contributed by atoms with Crippen LogP contribution in [0.5, 0.6) is 0 Å². The summed E-state index contributed by atoms with van der Waals surface area (Å²) in [4.78, 5) is 10.2. The quantitative estimate of drug-likeness (QED) is 0.621. The largest absolute Gasteiger partial charge is 0.465 e. The van der Waals surface area contributed by atoms with Crippen molar-refractivity contribution in [2.45, 2.75) is 25.7 Å². The molecule has 0 unspecified atom stereocenters. The molecular weight excluding hydrogens is 154 g/mol. The third kappa shape index (κ3) is 2.95. The van der Waals surface area contributed by atoms with E-state index in [4.69, 9.17) is 5.11 Å². The number of hydrogen-bond acceptors (Lipinski definition) is 1. The summed E-state index contributed by atoms with van der Waals surface area (Å²) >= 11 is 0. The molecule has 1 aliphatic rings. The fraction of sp³-hybridized carbons (Fsp3) is 0.667. The van der Waals surface area contributed by atoms with Gasteiger partial charge < -0.3 is 10.4 Å². The zero-order chi connectivity index (χ0) is 8.97. The van der Waals surface area contributed by atoms with Crippen molar-refractivity contribution < 1.29 is 9.90 Å². The summed E-state index contributed by atoms with van der Waals surface area (Å²) in [5, 5.41) is 10.8. The third-order valence-electron chi connectivity index (χ3n) is 2.35. The molecule has 0 bridgehead atoms. The van der Waals surface area contributed by atoms with E-state index >= 15 is 0 Å². The van der Waals surface area contributed by atoms with E-state index in [0.29, 0.717) is 12.5 Å². The molecule has 0 aromatic rings. The number of carboxylic acid groups (broad SMARTS) is 1. The van der Waals surface area contributed by atoms with Gasteiger partial charge in [-0.3, -0.25) is 0 Å². The fourth-order valence-corrected chi connectivity index (χ4v) is 1.52. The summed E-state index contributed by atoms with van der Waals surface area (Å²) in [6.07, 6.45) is 3.37. The molecule has 3 nitrogen and oxygen atoms in total. The lowest BCUT2D eigenvalue weighted by molar-refractivity contribution is 0.191. The molecule has 2 N–H and O–H groups in total. The van der Waals surface area contributed by atoms with Crippen LogP contribution in [0.3, 0.4) is 0 Å². The molecule has 1 saturated carbocycles. The smallest absolute Gasteiger partial charge is 0.404 e. The van der Waals surface area contributed by atoms with Gasteiger partial charge in [0.1, 0.15) is 0 Å². The Kier molecular flexibility index (Phi) is 3.14. The van der Waals surface area contributed by atoms with Crippen LogP contribution in [0.15, 0.2) is 12.2 Å². The SMILES string of the molecule is C=C1CCC(CNC(=O)O)CC1. The summed E-state index contributed by atoms with van der Waals surface area (Å²) in [5.74, 6) is 0.520. The molecule has 0 aromatic carbocycles. The number of hydrogen-bond donors (Lipinski definition) is 2. The predicted molar refractivity (Wildman–Crippen MR) is 47.1 cm³/mol. The van der Waals surface area contributed by atoms with E-state index in [1.54, 1.807) is 0 Å². The van der Waals surface area contributed by atoms with Gasteiger partial charge >= 0.3 is 6.09 Å². The van der Waals surface area contributed by atoms with E-state index in [1.165, 1.54) is 5.57 Å². The Labute approximate surface area is 72.5 Å². The van der Waals surface area contributed by atoms with Crippen LogP contribution < -0.4 is 5.32 Å². The highest BCUT2D eigenvalue weighted by Crippen LogP contribution is 2.26. The van der Waals surface area contributed by atoms with Crippen molar-refractivity contribution in [1.82, 2.24) is 5.32 Å². The topological polar surface area (TPSA) is 49.3 Å². The van der Waals surface area contributed by atoms with Crippen LogP contribution in [0.25, 0.3) is 0 Å². The Morgan fingerprint density at radius 1 is 1.58 bits per heavy atom. The molecular formula is C9H15NO2. The Morgan fingerprint density at radius 3 is 2.67 bits per heavy atom. The number of allylic oxidation sites excluding steroid dienone is 1. The Bertz CT molecular complexity index is 179. The first kappa shape index (κ1) is 9.10. The van der Waals surface area contributed by atoms with Gasteiger partial charge in [-0.1, -0.05) is 12.2 Å². The highest BCUT2D eigenvalue weighted by molar-refractivity contribution is 5.64. The molecule has 0 aliphatic heterocycles. The van der Waals surface area contributed by atoms with Crippen LogP contribution in [0, 0.1) is 5.92 Å². The van der Waals surface area contributed by atoms with Gasteiger partial charge in [-0.15, -0.1) is 0 Å². The van der Waals surface area contributed by atoms with Crippen molar-refractivity contribution in [3.05, 3.63) is 12.2 Å². The standard InChI is InChI=1S/C9H15NO2/c1-7-2-4-8(5-3-7)6-10-9(11)12/h8,10H,1-6H2,(H,11,12). The van der Waals surface area contributed by atoms with Crippen molar-refractivity contribution in [2.75, 3.05) is 6.54 Å². The molecule has 1 rings (SSSR count). The monoisotopic (exact) mass is 169 g/mol. The molecule has 12 heavy (non-hydrogen) atoms. The highest BCUT2D eigenvalue weighted by Gasteiger charge is 2.15. The summed E-state index contributed by atoms with van der Waals surface area (Å²) in [6, 6.07) is 0. The van der Waals surface area contributed by atoms with Gasteiger partial charge in [-0.05, 0) is 31.6 Å². The van der Waals surface area contributed by atoms with Crippen LogP contribution in [0.1, 0.15) is 25.7 Å². The van der Waals surface area contributed by atoms with Gasteiger partial charge in [0.15, 0.2) is 0 Å². The van der Waals surface area contributed by atoms with Crippen molar-refractivity contribution in [3.63, 3.8) is 0 Å². The minimum atomic E-state index is -0.917. The minimum absolute atomic E-state index is 0.520. The first-order valence-electron chi connectivity index (χ1n) is 4.32. The lowest BCUT2D eigenvalue weighted by atomic mass is 9.86. The van der Waals surface area contributed by atoms with E-state index in [1.807, 2.05) is 0 Å². The number of amides is 1. The molecule has 0 spiro atoms. The second kappa shape index (κ2) is 4.14. The molecule has 0 atom stereocenters. The number of carbonyl (C=O) groups is 1. The fourth-order valence-electron chi connectivity index (χ4n) is 1.52. The molecule has 1 fully saturated rings. The Morgan fingerprint density at radius 2 is 2.17 bits per heavy atom. The van der Waals surface area contributed by atoms with E-state index in [0.717, 1.165) is 25.7 Å². The Balaban J connectivity index is 2.17. The van der Waals surface area contributed by atoms with Crippen LogP contribution in [0.4, 0.5) is 4.79 Å². The number of nitrogens with one attached hydrogen (secondary N) is 1. The maximum absolute atomic E-state index is 10.2. The van der Waals surface area contributed by atoms with Gasteiger partial charge in [-0.25, -0.2) is 4.79 Å². The van der Waals surface area contributed by atoms with Crippen molar-refractivity contribution >= 4 is 6.09 Å². The molecule has 1 amide bonds. The van der Waals surface area contributed by atoms with Gasteiger partial charge in [0, 0.05) is 6.54 Å². The van der Waals surface area contributed by atoms with E-state index in [9.17, 15) is 4.79 Å². The second-order valence-corrected chi connectivity index (χ2v) is 3.38. The predicted octanol–water partition coefficient (Wildman–Crippen LogP) is 2.00. The minimum Gasteiger partial charge on any atom is -0.465 e. The van der Waals surface area contributed by atoms with Gasteiger partial charge in [0.2, 0.25) is 0 Å². The Hall–Kier alpha value is -0.990. The van der Waals surface area contributed by atoms with Crippen molar-refractivity contribution in [3.8, 4) is 0 Å². The first-order valence-corrected chi connectivity index (χ1v) is 4.32. The van der Waals surface area contributed by atoms with Crippen LogP contribution in [0.2, 0.25) is 0 Å². The van der Waals surface area contributed by atoms with Crippen LogP contribution >= 0.6 is 0 Å². The molecule has 0 heterocycles. The molecule has 3 heteroatoms. The normalized spacial score (nSPS) is 19.2.